The molecule has 0 saturated heterocycles. The van der Waals surface area contributed by atoms with Crippen molar-refractivity contribution in [1.29, 1.82) is 5.41 Å². The van der Waals surface area contributed by atoms with Gasteiger partial charge in [-0.05, 0) is 30.7 Å². The number of carbonyl (C=O) groups excluding carboxylic acids is 1. The number of amides is 2. The first-order chi connectivity index (χ1) is 9.74. The minimum absolute atomic E-state index is 0.167. The first kappa shape index (κ1) is 16.8. The molecule has 8 heteroatoms. The van der Waals surface area contributed by atoms with E-state index in [9.17, 15) is 18.0 Å². The Morgan fingerprint density at radius 2 is 1.90 bits per heavy atom. The Kier molecular flexibility index (Phi) is 5.57. The number of nitrogens with one attached hydrogen (secondary N) is 3. The average molecular weight is 302 g/mol. The van der Waals surface area contributed by atoms with Crippen LogP contribution >= 0.6 is 0 Å². The van der Waals surface area contributed by atoms with Crippen molar-refractivity contribution in [2.24, 2.45) is 5.73 Å². The summed E-state index contributed by atoms with van der Waals surface area (Å²) in [6, 6.07) is 2.86. The second kappa shape index (κ2) is 6.96. The number of halogens is 3. The van der Waals surface area contributed by atoms with E-state index in [1.165, 1.54) is 0 Å². The van der Waals surface area contributed by atoms with Crippen LogP contribution in [0.1, 0.15) is 25.3 Å². The second-order valence-electron chi connectivity index (χ2n) is 4.47. The Bertz CT molecular complexity index is 499. The molecule has 21 heavy (non-hydrogen) atoms. The van der Waals surface area contributed by atoms with Crippen molar-refractivity contribution in [2.75, 3.05) is 5.32 Å². The summed E-state index contributed by atoms with van der Waals surface area (Å²) in [6.45, 7) is 1.88. The number of hydrogen-bond donors (Lipinski definition) is 4. The largest absolute Gasteiger partial charge is 0.416 e. The summed E-state index contributed by atoms with van der Waals surface area (Å²) in [4.78, 5) is 11.7. The molecule has 2 amide bonds. The van der Waals surface area contributed by atoms with Gasteiger partial charge in [-0.1, -0.05) is 13.3 Å². The predicted molar refractivity (Wildman–Crippen MR) is 74.2 cm³/mol. The summed E-state index contributed by atoms with van der Waals surface area (Å²) >= 11 is 0. The van der Waals surface area contributed by atoms with Gasteiger partial charge in [0.15, 0.2) is 0 Å². The molecule has 1 rings (SSSR count). The summed E-state index contributed by atoms with van der Waals surface area (Å²) in [5, 5.41) is 12.2. The zero-order chi connectivity index (χ0) is 16.0. The topological polar surface area (TPSA) is 91.0 Å². The van der Waals surface area contributed by atoms with Crippen LogP contribution < -0.4 is 16.4 Å². The third-order valence-electron chi connectivity index (χ3n) is 2.73. The number of anilines is 1. The molecule has 0 saturated carbocycles. The Hall–Kier alpha value is -2.25. The van der Waals surface area contributed by atoms with E-state index in [-0.39, 0.29) is 11.5 Å². The Morgan fingerprint density at radius 1 is 1.33 bits per heavy atom. The van der Waals surface area contributed by atoms with Gasteiger partial charge in [-0.2, -0.15) is 13.2 Å². The number of alkyl halides is 3. The Morgan fingerprint density at radius 3 is 2.33 bits per heavy atom. The van der Waals surface area contributed by atoms with E-state index < -0.39 is 23.8 Å². The number of amidine groups is 1. The molecule has 116 valence electrons. The van der Waals surface area contributed by atoms with E-state index >= 15 is 0 Å². The number of carbonyl (C=O) groups is 1. The normalized spacial score (nSPS) is 12.6. The lowest BCUT2D eigenvalue weighted by Crippen LogP contribution is -2.45. The highest BCUT2D eigenvalue weighted by molar-refractivity contribution is 5.93. The maximum Gasteiger partial charge on any atom is 0.416 e. The summed E-state index contributed by atoms with van der Waals surface area (Å²) < 4.78 is 37.2. The predicted octanol–water partition coefficient (Wildman–Crippen LogP) is 2.93. The molecule has 1 unspecified atom stereocenters. The average Bonchev–Trinajstić information content (AvgIpc) is 2.37. The van der Waals surface area contributed by atoms with Gasteiger partial charge < -0.3 is 16.4 Å². The van der Waals surface area contributed by atoms with Crippen molar-refractivity contribution in [3.63, 3.8) is 0 Å². The molecule has 1 aromatic carbocycles. The van der Waals surface area contributed by atoms with Crippen LogP contribution in [0.15, 0.2) is 24.3 Å². The van der Waals surface area contributed by atoms with E-state index in [1.807, 2.05) is 6.92 Å². The maximum atomic E-state index is 12.4. The van der Waals surface area contributed by atoms with Gasteiger partial charge in [-0.3, -0.25) is 5.41 Å². The molecule has 1 atom stereocenters. The van der Waals surface area contributed by atoms with Gasteiger partial charge in [-0.25, -0.2) is 4.79 Å². The number of urea groups is 1. The van der Waals surface area contributed by atoms with Gasteiger partial charge in [-0.15, -0.1) is 0 Å². The van der Waals surface area contributed by atoms with Crippen LogP contribution in [0.3, 0.4) is 0 Å². The number of rotatable bonds is 5. The first-order valence-electron chi connectivity index (χ1n) is 6.32. The molecule has 0 heterocycles. The fourth-order valence-electron chi connectivity index (χ4n) is 1.66. The highest BCUT2D eigenvalue weighted by atomic mass is 19.4. The number of benzene rings is 1. The van der Waals surface area contributed by atoms with Gasteiger partial charge in [0, 0.05) is 5.69 Å². The third-order valence-corrected chi connectivity index (χ3v) is 2.73. The molecule has 0 aromatic heterocycles. The lowest BCUT2D eigenvalue weighted by molar-refractivity contribution is -0.137. The molecule has 1 aromatic rings. The fraction of sp³-hybridized carbons (Fsp3) is 0.385. The molecule has 0 spiro atoms. The third kappa shape index (κ3) is 5.33. The number of nitrogens with two attached hydrogens (primary N) is 1. The van der Waals surface area contributed by atoms with Gasteiger partial charge in [0.25, 0.3) is 0 Å². The van der Waals surface area contributed by atoms with Crippen LogP contribution in [-0.4, -0.2) is 17.9 Å². The van der Waals surface area contributed by atoms with Crippen LogP contribution in [-0.2, 0) is 6.18 Å². The highest BCUT2D eigenvalue weighted by Crippen LogP contribution is 2.29. The Labute approximate surface area is 120 Å². The smallest absolute Gasteiger partial charge is 0.386 e. The van der Waals surface area contributed by atoms with Crippen LogP contribution in [0.25, 0.3) is 0 Å². The summed E-state index contributed by atoms with van der Waals surface area (Å²) in [6.07, 6.45) is -3.18. The van der Waals surface area contributed by atoms with Gasteiger partial charge in [0.05, 0.1) is 11.6 Å². The molecule has 0 aliphatic heterocycles. The van der Waals surface area contributed by atoms with Crippen LogP contribution in [0.5, 0.6) is 0 Å². The van der Waals surface area contributed by atoms with Crippen molar-refractivity contribution in [2.45, 2.75) is 32.0 Å². The van der Waals surface area contributed by atoms with Crippen molar-refractivity contribution < 1.29 is 18.0 Å². The van der Waals surface area contributed by atoms with Crippen LogP contribution in [0, 0.1) is 5.41 Å². The monoisotopic (exact) mass is 302 g/mol. The summed E-state index contributed by atoms with van der Waals surface area (Å²) in [7, 11) is 0. The molecule has 0 bridgehead atoms. The van der Waals surface area contributed by atoms with E-state index in [0.29, 0.717) is 6.42 Å². The lowest BCUT2D eigenvalue weighted by Gasteiger charge is -2.17. The summed E-state index contributed by atoms with van der Waals surface area (Å²) in [5.41, 5.74) is 4.78. The molecule has 0 fully saturated rings. The highest BCUT2D eigenvalue weighted by Gasteiger charge is 2.30. The van der Waals surface area contributed by atoms with Gasteiger partial charge in [0.2, 0.25) is 0 Å². The SMILES string of the molecule is CCCC(NC(=O)Nc1ccc(C(F)(F)F)cc1)C(=N)N. The lowest BCUT2D eigenvalue weighted by atomic mass is 10.1. The zero-order valence-electron chi connectivity index (χ0n) is 11.4. The zero-order valence-corrected chi connectivity index (χ0v) is 11.4. The molecule has 0 aliphatic carbocycles. The number of hydrogen-bond acceptors (Lipinski definition) is 2. The van der Waals surface area contributed by atoms with Crippen molar-refractivity contribution in [3.8, 4) is 0 Å². The van der Waals surface area contributed by atoms with Gasteiger partial charge in [0.1, 0.15) is 5.84 Å². The Balaban J connectivity index is 2.64. The maximum absolute atomic E-state index is 12.4. The molecular formula is C13H17F3N4O. The van der Waals surface area contributed by atoms with E-state index in [2.05, 4.69) is 10.6 Å². The fourth-order valence-corrected chi connectivity index (χ4v) is 1.66. The minimum atomic E-state index is -4.42. The standard InChI is InChI=1S/C13H17F3N4O/c1-2-3-10(11(17)18)20-12(21)19-9-6-4-8(5-7-9)13(14,15)16/h4-7,10H,2-3H2,1H3,(H3,17,18)(H2,19,20,21). The van der Waals surface area contributed by atoms with Crippen molar-refractivity contribution in [1.82, 2.24) is 5.32 Å². The quantitative estimate of drug-likeness (QED) is 0.497. The molecule has 5 nitrogen and oxygen atoms in total. The van der Waals surface area contributed by atoms with E-state index in [1.54, 1.807) is 0 Å². The van der Waals surface area contributed by atoms with Crippen molar-refractivity contribution >= 4 is 17.6 Å². The molecule has 0 radical (unpaired) electrons. The minimum Gasteiger partial charge on any atom is -0.386 e. The first-order valence-corrected chi connectivity index (χ1v) is 6.32. The van der Waals surface area contributed by atoms with Crippen LogP contribution in [0.4, 0.5) is 23.7 Å². The van der Waals surface area contributed by atoms with Gasteiger partial charge >= 0.3 is 12.2 Å². The van der Waals surface area contributed by atoms with E-state index in [4.69, 9.17) is 11.1 Å². The molecule has 0 aliphatic rings. The van der Waals surface area contributed by atoms with Crippen molar-refractivity contribution in [3.05, 3.63) is 29.8 Å². The van der Waals surface area contributed by atoms with E-state index in [0.717, 1.165) is 30.7 Å². The van der Waals surface area contributed by atoms with Crippen LogP contribution in [0.2, 0.25) is 0 Å². The molecule has 5 N–H and O–H groups in total. The molecular weight excluding hydrogens is 285 g/mol. The summed E-state index contributed by atoms with van der Waals surface area (Å²) in [5.74, 6) is -0.167. The second-order valence-corrected chi connectivity index (χ2v) is 4.47.